The minimum Gasteiger partial charge on any atom is -0.490 e. The van der Waals surface area contributed by atoms with Gasteiger partial charge in [-0.15, -0.1) is 0 Å². The second kappa shape index (κ2) is 7.42. The van der Waals surface area contributed by atoms with Gasteiger partial charge in [0, 0.05) is 6.04 Å². The highest BCUT2D eigenvalue weighted by molar-refractivity contribution is 14.1. The molecule has 1 fully saturated rings. The summed E-state index contributed by atoms with van der Waals surface area (Å²) in [7, 11) is 0. The van der Waals surface area contributed by atoms with Gasteiger partial charge in [-0.05, 0) is 64.8 Å². The van der Waals surface area contributed by atoms with Gasteiger partial charge in [-0.2, -0.15) is 0 Å². The van der Waals surface area contributed by atoms with Crippen molar-refractivity contribution in [3.8, 4) is 5.75 Å². The first kappa shape index (κ1) is 18.6. The van der Waals surface area contributed by atoms with Crippen LogP contribution in [0.1, 0.15) is 39.2 Å². The molecular formula is C16H22ClIN2O3. The summed E-state index contributed by atoms with van der Waals surface area (Å²) in [5, 5.41) is 12.0. The lowest BCUT2D eigenvalue weighted by atomic mass is 9.83. The number of hydrogen-bond donors (Lipinski definition) is 2. The highest BCUT2D eigenvalue weighted by atomic mass is 127. The lowest BCUT2D eigenvalue weighted by Gasteiger charge is -2.31. The fourth-order valence-electron chi connectivity index (χ4n) is 2.17. The van der Waals surface area contributed by atoms with Crippen LogP contribution in [0.4, 0.5) is 4.79 Å². The summed E-state index contributed by atoms with van der Waals surface area (Å²) in [6.07, 6.45) is 1.93. The van der Waals surface area contributed by atoms with Crippen LogP contribution in [0.5, 0.6) is 5.75 Å². The lowest BCUT2D eigenvalue weighted by Crippen LogP contribution is -2.44. The highest BCUT2D eigenvalue weighted by Crippen LogP contribution is 2.33. The normalized spacial score (nSPS) is 16.0. The minimum atomic E-state index is -1.02. The summed E-state index contributed by atoms with van der Waals surface area (Å²) in [4.78, 5) is 15.4. The van der Waals surface area contributed by atoms with Crippen LogP contribution >= 0.6 is 34.2 Å². The molecule has 1 heterocycles. The number of nitrogens with one attached hydrogen (secondary N) is 1. The van der Waals surface area contributed by atoms with E-state index in [9.17, 15) is 4.79 Å². The SMILES string of the molecule is CC(C)(C)C(Cc1cc(OCC2CC2)c(Cl)nc1I)NC(=O)O. The molecule has 1 amide bonds. The molecule has 5 nitrogen and oxygen atoms in total. The Morgan fingerprint density at radius 2 is 2.22 bits per heavy atom. The summed E-state index contributed by atoms with van der Waals surface area (Å²) in [6.45, 7) is 6.69. The van der Waals surface area contributed by atoms with Crippen LogP contribution in [0.25, 0.3) is 0 Å². The molecule has 1 aliphatic carbocycles. The molecule has 0 spiro atoms. The average Bonchev–Trinajstić information content (AvgIpc) is 3.22. The maximum absolute atomic E-state index is 11.1. The van der Waals surface area contributed by atoms with Gasteiger partial charge >= 0.3 is 6.09 Å². The number of aromatic nitrogens is 1. The second-order valence-corrected chi connectivity index (χ2v) is 8.43. The van der Waals surface area contributed by atoms with E-state index in [0.29, 0.717) is 29.8 Å². The molecule has 1 aliphatic rings. The monoisotopic (exact) mass is 452 g/mol. The zero-order chi connectivity index (χ0) is 17.2. The Bertz CT molecular complexity index is 585. The molecule has 23 heavy (non-hydrogen) atoms. The number of ether oxygens (including phenoxy) is 1. The molecule has 2 rings (SSSR count). The number of rotatable bonds is 6. The summed E-state index contributed by atoms with van der Waals surface area (Å²) in [6, 6.07) is 1.66. The van der Waals surface area contributed by atoms with E-state index in [1.165, 1.54) is 12.8 Å². The first-order chi connectivity index (χ1) is 10.7. The quantitative estimate of drug-likeness (QED) is 0.497. The third-order valence-electron chi connectivity index (χ3n) is 3.91. The van der Waals surface area contributed by atoms with Crippen molar-refractivity contribution in [1.82, 2.24) is 10.3 Å². The predicted octanol–water partition coefficient (Wildman–Crippen LogP) is 4.35. The molecule has 0 radical (unpaired) electrons. The molecule has 7 heteroatoms. The van der Waals surface area contributed by atoms with Crippen molar-refractivity contribution < 1.29 is 14.6 Å². The van der Waals surface area contributed by atoms with Crippen LogP contribution < -0.4 is 10.1 Å². The van der Waals surface area contributed by atoms with Crippen LogP contribution in [0.3, 0.4) is 0 Å². The summed E-state index contributed by atoms with van der Waals surface area (Å²) in [5.41, 5.74) is 0.727. The summed E-state index contributed by atoms with van der Waals surface area (Å²) >= 11 is 8.29. The van der Waals surface area contributed by atoms with Crippen LogP contribution in [-0.2, 0) is 6.42 Å². The summed E-state index contributed by atoms with van der Waals surface area (Å²) < 4.78 is 6.54. The van der Waals surface area contributed by atoms with Crippen molar-refractivity contribution in [1.29, 1.82) is 0 Å². The number of hydrogen-bond acceptors (Lipinski definition) is 3. The van der Waals surface area contributed by atoms with Crippen LogP contribution in [0.2, 0.25) is 5.15 Å². The predicted molar refractivity (Wildman–Crippen MR) is 98.3 cm³/mol. The molecule has 1 aromatic heterocycles. The fraction of sp³-hybridized carbons (Fsp3) is 0.625. The van der Waals surface area contributed by atoms with Crippen molar-refractivity contribution in [3.63, 3.8) is 0 Å². The molecule has 2 N–H and O–H groups in total. The molecule has 0 saturated heterocycles. The minimum absolute atomic E-state index is 0.212. The number of carboxylic acid groups (broad SMARTS) is 1. The van der Waals surface area contributed by atoms with Crippen molar-refractivity contribution in [2.24, 2.45) is 11.3 Å². The number of pyridine rings is 1. The molecule has 1 aromatic rings. The third-order valence-corrected chi connectivity index (χ3v) is 5.11. The van der Waals surface area contributed by atoms with Crippen molar-refractivity contribution in [2.45, 2.75) is 46.1 Å². The van der Waals surface area contributed by atoms with Gasteiger partial charge in [0.2, 0.25) is 0 Å². The Hall–Kier alpha value is -0.760. The van der Waals surface area contributed by atoms with Gasteiger partial charge in [-0.1, -0.05) is 32.4 Å². The van der Waals surface area contributed by atoms with Crippen molar-refractivity contribution >= 4 is 40.3 Å². The van der Waals surface area contributed by atoms with E-state index in [1.807, 2.05) is 26.8 Å². The zero-order valence-corrected chi connectivity index (χ0v) is 16.4. The van der Waals surface area contributed by atoms with Gasteiger partial charge in [0.1, 0.15) is 3.70 Å². The van der Waals surface area contributed by atoms with E-state index < -0.39 is 6.09 Å². The van der Waals surface area contributed by atoms with Crippen molar-refractivity contribution in [3.05, 3.63) is 20.5 Å². The number of carbonyl (C=O) groups is 1. The fourth-order valence-corrected chi connectivity index (χ4v) is 3.12. The third kappa shape index (κ3) is 5.67. The largest absolute Gasteiger partial charge is 0.490 e. The number of amides is 1. The van der Waals surface area contributed by atoms with Crippen LogP contribution in [0.15, 0.2) is 6.07 Å². The Kier molecular flexibility index (Phi) is 5.99. The van der Waals surface area contributed by atoms with Gasteiger partial charge < -0.3 is 15.2 Å². The van der Waals surface area contributed by atoms with Gasteiger partial charge in [0.25, 0.3) is 0 Å². The maximum atomic E-state index is 11.1. The van der Waals surface area contributed by atoms with E-state index in [4.69, 9.17) is 21.4 Å². The Morgan fingerprint density at radius 1 is 1.57 bits per heavy atom. The van der Waals surface area contributed by atoms with Gasteiger partial charge in [-0.3, -0.25) is 0 Å². The van der Waals surface area contributed by atoms with Crippen LogP contribution in [0, 0.1) is 15.0 Å². The molecule has 128 valence electrons. The molecule has 0 bridgehead atoms. The van der Waals surface area contributed by atoms with E-state index >= 15 is 0 Å². The number of halogens is 2. The molecule has 1 atom stereocenters. The molecular weight excluding hydrogens is 431 g/mol. The van der Waals surface area contributed by atoms with Gasteiger partial charge in [0.05, 0.1) is 6.61 Å². The van der Waals surface area contributed by atoms with Crippen LogP contribution in [-0.4, -0.2) is 28.8 Å². The zero-order valence-electron chi connectivity index (χ0n) is 13.5. The smallest absolute Gasteiger partial charge is 0.404 e. The number of nitrogens with zero attached hydrogens (tertiary/aromatic N) is 1. The van der Waals surface area contributed by atoms with E-state index in [-0.39, 0.29) is 11.5 Å². The first-order valence-corrected chi connectivity index (χ1v) is 9.09. The lowest BCUT2D eigenvalue weighted by molar-refractivity contribution is 0.174. The standard InChI is InChI=1S/C16H22ClIN2O3/c1-16(2,3)12(19-15(21)22)7-10-6-11(13(17)20-14(10)18)23-8-9-4-5-9/h6,9,12,19H,4-5,7-8H2,1-3H3,(H,21,22). The Balaban J connectivity index is 2.18. The van der Waals surface area contributed by atoms with E-state index in [0.717, 1.165) is 9.26 Å². The topological polar surface area (TPSA) is 71.5 Å². The maximum Gasteiger partial charge on any atom is 0.404 e. The first-order valence-electron chi connectivity index (χ1n) is 7.64. The average molecular weight is 453 g/mol. The second-order valence-electron chi connectivity index (χ2n) is 7.05. The van der Waals surface area contributed by atoms with Gasteiger partial charge in [0.15, 0.2) is 10.9 Å². The summed E-state index contributed by atoms with van der Waals surface area (Å²) in [5.74, 6) is 1.21. The Labute approximate surface area is 155 Å². The van der Waals surface area contributed by atoms with E-state index in [2.05, 4.69) is 32.9 Å². The molecule has 0 aromatic carbocycles. The molecule has 0 aliphatic heterocycles. The van der Waals surface area contributed by atoms with Crippen molar-refractivity contribution in [2.75, 3.05) is 6.61 Å². The Morgan fingerprint density at radius 3 is 2.74 bits per heavy atom. The van der Waals surface area contributed by atoms with E-state index in [1.54, 1.807) is 0 Å². The van der Waals surface area contributed by atoms with Gasteiger partial charge in [-0.25, -0.2) is 9.78 Å². The molecule has 1 saturated carbocycles. The highest BCUT2D eigenvalue weighted by Gasteiger charge is 2.28. The molecule has 1 unspecified atom stereocenters.